The number of carboxylic acids is 1. The number of carbonyl (C=O) groups is 8. The predicted octanol–water partition coefficient (Wildman–Crippen LogP) is -7.72. The topological polar surface area (TPSA) is 485 Å². The SMILES string of the molecule is CC(C)[C@H](NC(=O)[C@@H](CO)NC1CC[NH2+]c2c(NC(=O)CCC(=N)[O-])cc3cc(O)c(=O)cc-3n21)C(=O)N[C@H](C(O)=[NH+]CC(=O)N[C@@H](Cc1ccc(O)cc1)C(=O)N[C@H](CO)C(=O)NC1CCCN(O)C1=O)[C@@H](O)C(=O)O. The number of anilines is 1. The van der Waals surface area contributed by atoms with Gasteiger partial charge in [-0.1, -0.05) is 26.0 Å². The van der Waals surface area contributed by atoms with Gasteiger partial charge in [0.25, 0.3) is 11.8 Å². The van der Waals surface area contributed by atoms with Gasteiger partial charge in [0.15, 0.2) is 17.9 Å². The zero-order valence-corrected chi connectivity index (χ0v) is 41.6. The zero-order valence-electron chi connectivity index (χ0n) is 41.6. The van der Waals surface area contributed by atoms with Gasteiger partial charge < -0.3 is 78.2 Å². The number of aliphatic hydroxyl groups excluding tert-OH is 4. The quantitative estimate of drug-likeness (QED) is 0.0213. The second-order valence-corrected chi connectivity index (χ2v) is 18.5. The van der Waals surface area contributed by atoms with Crippen LogP contribution in [0.1, 0.15) is 57.7 Å². The molecule has 5 rings (SSSR count). The van der Waals surface area contributed by atoms with Crippen molar-refractivity contribution < 1.29 is 94.7 Å². The Balaban J connectivity index is 1.31. The molecule has 418 valence electrons. The summed E-state index contributed by atoms with van der Waals surface area (Å²) in [5.74, 6) is -12.0. The number of fused-ring (bicyclic) bond motifs is 3. The molecule has 0 spiro atoms. The number of benzene rings is 2. The lowest BCUT2D eigenvalue weighted by molar-refractivity contribution is -0.584. The van der Waals surface area contributed by atoms with E-state index in [2.05, 4.69) is 42.2 Å². The van der Waals surface area contributed by atoms with Crippen LogP contribution >= 0.6 is 0 Å². The number of aromatic hydroxyl groups is 2. The summed E-state index contributed by atoms with van der Waals surface area (Å²) in [6.07, 6.45) is -3.78. The maximum absolute atomic E-state index is 13.9. The fourth-order valence-corrected chi connectivity index (χ4v) is 8.39. The standard InChI is InChI=1S/C47H62N12O18/c1-21(2)37(56-43(71)28(19-60)51-34-11-12-49-40-26(52-35(66)10-9-33(48)65)15-23-16-31(63)32(64)17-30(23)59(34)40)45(73)57-38(39(68)47(75)76)44(72)50-18-36(67)53-27(14-22-5-7-24(62)8-6-22)41(69)55-29(20-61)42(70)54-25-4-3-13-58(77)46(25)74/h5-8,15-17,21,25,27-29,34,37-39,49,51,60-63,68,77H,3-4,9-14,18-20H2,1-2H3,(H2,48,65)(H,50,72)(H,52,66)(H,53,67)(H,54,70)(H,55,69)(H,56,71)(H,57,73)(H,75,76)/p+1/t25?,27-,28+,29+,34?,37-,38-,39+/m0/s1. The Kier molecular flexibility index (Phi) is 20.9. The van der Waals surface area contributed by atoms with Crippen molar-refractivity contribution in [2.24, 2.45) is 5.92 Å². The van der Waals surface area contributed by atoms with E-state index < -0.39 is 144 Å². The van der Waals surface area contributed by atoms with Gasteiger partial charge in [-0.25, -0.2) is 14.9 Å². The van der Waals surface area contributed by atoms with E-state index in [1.807, 2.05) is 0 Å². The van der Waals surface area contributed by atoms with Crippen LogP contribution in [0.2, 0.25) is 0 Å². The summed E-state index contributed by atoms with van der Waals surface area (Å²) in [6, 6.07) is -0.551. The maximum atomic E-state index is 13.9. The lowest BCUT2D eigenvalue weighted by atomic mass is 10.0. The number of hydroxylamine groups is 2. The van der Waals surface area contributed by atoms with Crippen molar-refractivity contribution in [2.75, 3.05) is 38.2 Å². The molecule has 3 aliphatic heterocycles. The van der Waals surface area contributed by atoms with Gasteiger partial charge >= 0.3 is 11.9 Å². The fourth-order valence-electron chi connectivity index (χ4n) is 8.39. The van der Waals surface area contributed by atoms with Crippen LogP contribution < -0.4 is 58.1 Å². The Labute approximate surface area is 437 Å². The van der Waals surface area contributed by atoms with Crippen LogP contribution in [0.15, 0.2) is 47.3 Å². The first-order valence-corrected chi connectivity index (χ1v) is 24.2. The number of quaternary nitrogens is 1. The predicted molar refractivity (Wildman–Crippen MR) is 262 cm³/mol. The minimum Gasteiger partial charge on any atom is -0.862 e. The molecule has 77 heavy (non-hydrogen) atoms. The lowest BCUT2D eigenvalue weighted by Gasteiger charge is -2.34. The van der Waals surface area contributed by atoms with Gasteiger partial charge in [0, 0.05) is 37.4 Å². The lowest BCUT2D eigenvalue weighted by Crippen LogP contribution is -2.82. The summed E-state index contributed by atoms with van der Waals surface area (Å²) in [6.45, 7) is 0.475. The van der Waals surface area contributed by atoms with Gasteiger partial charge in [-0.2, -0.15) is 0 Å². The molecule has 1 aliphatic carbocycles. The van der Waals surface area contributed by atoms with Crippen LogP contribution in [0.4, 0.5) is 11.5 Å². The first kappa shape index (κ1) is 59.6. The van der Waals surface area contributed by atoms with E-state index >= 15 is 0 Å². The zero-order chi connectivity index (χ0) is 56.8. The Morgan fingerprint density at radius 2 is 1.49 bits per heavy atom. The van der Waals surface area contributed by atoms with Gasteiger partial charge in [-0.15, -0.1) is 0 Å². The number of rotatable bonds is 25. The molecule has 3 heterocycles. The molecule has 0 saturated carbocycles. The molecule has 1 saturated heterocycles. The molecule has 1 aromatic carbocycles. The maximum Gasteiger partial charge on any atom is 0.359 e. The molecule has 19 N–H and O–H groups in total. The molecular formula is C47H63N12O18+. The summed E-state index contributed by atoms with van der Waals surface area (Å²) >= 11 is 0. The van der Waals surface area contributed by atoms with Crippen LogP contribution in [-0.2, 0) is 44.8 Å². The van der Waals surface area contributed by atoms with Crippen LogP contribution in [-0.4, -0.2) is 185 Å². The molecule has 2 unspecified atom stereocenters. The highest BCUT2D eigenvalue weighted by Gasteiger charge is 2.40. The third kappa shape index (κ3) is 15.9. The second-order valence-electron chi connectivity index (χ2n) is 18.5. The summed E-state index contributed by atoms with van der Waals surface area (Å²) < 4.78 is 1.55. The minimum atomic E-state index is -2.59. The third-order valence-corrected chi connectivity index (χ3v) is 12.5. The van der Waals surface area contributed by atoms with Gasteiger partial charge in [0.2, 0.25) is 47.3 Å². The molecule has 4 aliphatic rings. The van der Waals surface area contributed by atoms with Gasteiger partial charge in [-0.05, 0) is 60.9 Å². The average molecular weight is 1080 g/mol. The Bertz CT molecular complexity index is 2750. The third-order valence-electron chi connectivity index (χ3n) is 12.5. The van der Waals surface area contributed by atoms with Crippen molar-refractivity contribution in [3.05, 3.63) is 58.3 Å². The number of piperidine rings is 1. The highest BCUT2D eigenvalue weighted by Crippen LogP contribution is 2.36. The number of phenolic OH excluding ortho intramolecular Hbond substituents is 2. The molecule has 8 atom stereocenters. The number of aliphatic carboxylic acids is 1. The van der Waals surface area contributed by atoms with Crippen LogP contribution in [0.5, 0.6) is 11.5 Å². The number of nitrogens with one attached hydrogen (secondary N) is 9. The fraction of sp³-hybridized carbons (Fsp3) is 0.468. The highest BCUT2D eigenvalue weighted by atomic mass is 16.5. The molecule has 0 aromatic heterocycles. The van der Waals surface area contributed by atoms with Gasteiger partial charge in [0.05, 0.1) is 31.6 Å². The number of aromatic nitrogens is 1. The number of pyridine rings is 1. The molecule has 0 bridgehead atoms. The van der Waals surface area contributed by atoms with Crippen LogP contribution in [0, 0.1) is 11.3 Å². The van der Waals surface area contributed by atoms with Gasteiger partial charge in [-0.3, -0.25) is 58.8 Å². The first-order valence-electron chi connectivity index (χ1n) is 24.2. The summed E-state index contributed by atoms with van der Waals surface area (Å²) in [5.41, 5.74) is 0.293. The van der Waals surface area contributed by atoms with E-state index in [9.17, 15) is 89.2 Å². The smallest absolute Gasteiger partial charge is 0.359 e. The number of amides is 7. The average Bonchev–Trinajstić information content (AvgIpc) is 3.38. The van der Waals surface area contributed by atoms with E-state index in [1.165, 1.54) is 44.2 Å². The summed E-state index contributed by atoms with van der Waals surface area (Å²) in [7, 11) is 0. The van der Waals surface area contributed by atoms with E-state index in [0.717, 1.165) is 12.1 Å². The molecule has 30 heteroatoms. The molecule has 30 nitrogen and oxygen atoms in total. The number of carboxylic acid groups (broad SMARTS) is 1. The van der Waals surface area contributed by atoms with E-state index in [-0.39, 0.29) is 61.3 Å². The Hall–Kier alpha value is -8.29. The number of nitrogens with two attached hydrogens (primary N) is 1. The van der Waals surface area contributed by atoms with Crippen molar-refractivity contribution in [3.63, 3.8) is 0 Å². The van der Waals surface area contributed by atoms with Crippen molar-refractivity contribution >= 4 is 70.6 Å². The van der Waals surface area contributed by atoms with E-state index in [1.54, 1.807) is 9.88 Å². The first-order chi connectivity index (χ1) is 36.4. The number of hydrogen-bond acceptors (Lipinski definition) is 18. The van der Waals surface area contributed by atoms with Crippen LogP contribution in [0.25, 0.3) is 11.3 Å². The van der Waals surface area contributed by atoms with Crippen molar-refractivity contribution in [1.29, 1.82) is 5.41 Å². The Morgan fingerprint density at radius 3 is 2.13 bits per heavy atom. The summed E-state index contributed by atoms with van der Waals surface area (Å²) in [4.78, 5) is 120. The highest BCUT2D eigenvalue weighted by molar-refractivity contribution is 5.97. The van der Waals surface area contributed by atoms with Crippen LogP contribution in [0.3, 0.4) is 0 Å². The van der Waals surface area contributed by atoms with Crippen molar-refractivity contribution in [1.82, 2.24) is 41.5 Å². The molecule has 1 aromatic rings. The van der Waals surface area contributed by atoms with Gasteiger partial charge in [0.1, 0.15) is 41.6 Å². The molecular weight excluding hydrogens is 1020 g/mol. The number of carbonyl (C=O) groups excluding carboxylic acids is 7. The van der Waals surface area contributed by atoms with Crippen molar-refractivity contribution in [3.8, 4) is 22.8 Å². The van der Waals surface area contributed by atoms with Crippen molar-refractivity contribution in [2.45, 2.75) is 101 Å². The normalized spacial score (nSPS) is 17.9. The Morgan fingerprint density at radius 1 is 0.831 bits per heavy atom. The number of phenols is 2. The van der Waals surface area contributed by atoms with E-state index in [0.29, 0.717) is 29.4 Å². The monoisotopic (exact) mass is 1080 g/mol. The number of hydrogen-bond donors (Lipinski definition) is 18. The second kappa shape index (κ2) is 27.0. The summed E-state index contributed by atoms with van der Waals surface area (Å²) in [5, 5.41) is 120. The number of nitrogens with zero attached hydrogens (tertiary/aromatic N) is 2. The molecule has 1 fully saturated rings. The largest absolute Gasteiger partial charge is 0.862 e. The molecule has 7 amide bonds. The number of aliphatic hydroxyl groups is 4. The molecule has 0 radical (unpaired) electrons. The minimum absolute atomic E-state index is 0.0301. The van der Waals surface area contributed by atoms with E-state index in [4.69, 9.17) is 5.41 Å².